The fourth-order valence-corrected chi connectivity index (χ4v) is 3.35. The fraction of sp³-hybridized carbons (Fsp3) is 0.364. The Balaban J connectivity index is 1.51. The maximum Gasteiger partial charge on any atom is 0.253 e. The quantitative estimate of drug-likeness (QED) is 0.906. The van der Waals surface area contributed by atoms with Gasteiger partial charge in [-0.15, -0.1) is 0 Å². The summed E-state index contributed by atoms with van der Waals surface area (Å²) in [6.45, 7) is 9.09. The Morgan fingerprint density at radius 3 is 2.37 bits per heavy atom. The van der Waals surface area contributed by atoms with Crippen LogP contribution in [0.4, 0.5) is 5.69 Å². The van der Waals surface area contributed by atoms with Crippen LogP contribution in [-0.2, 0) is 4.79 Å². The van der Waals surface area contributed by atoms with Crippen molar-refractivity contribution in [2.45, 2.75) is 20.8 Å². The normalized spacial score (nSPS) is 14.9. The van der Waals surface area contributed by atoms with Gasteiger partial charge in [-0.1, -0.05) is 29.8 Å². The largest absolute Gasteiger partial charge is 0.336 e. The third-order valence-corrected chi connectivity index (χ3v) is 5.17. The second-order valence-electron chi connectivity index (χ2n) is 7.23. The minimum Gasteiger partial charge on any atom is -0.336 e. The van der Waals surface area contributed by atoms with Crippen LogP contribution in [0.5, 0.6) is 0 Å². The first-order chi connectivity index (χ1) is 12.9. The van der Waals surface area contributed by atoms with Crippen molar-refractivity contribution in [2.24, 2.45) is 0 Å². The van der Waals surface area contributed by atoms with E-state index >= 15 is 0 Å². The molecule has 142 valence electrons. The monoisotopic (exact) mass is 365 g/mol. The Bertz CT molecular complexity index is 839. The first-order valence-electron chi connectivity index (χ1n) is 9.38. The van der Waals surface area contributed by atoms with Gasteiger partial charge in [0.1, 0.15) is 0 Å². The lowest BCUT2D eigenvalue weighted by molar-refractivity contribution is -0.117. The topological polar surface area (TPSA) is 52.7 Å². The molecule has 2 aromatic carbocycles. The number of carbonyl (C=O) groups is 2. The Hall–Kier alpha value is -2.66. The molecular formula is C22H27N3O2. The van der Waals surface area contributed by atoms with Crippen molar-refractivity contribution in [1.29, 1.82) is 0 Å². The van der Waals surface area contributed by atoms with Crippen molar-refractivity contribution in [1.82, 2.24) is 9.80 Å². The highest BCUT2D eigenvalue weighted by Crippen LogP contribution is 2.18. The van der Waals surface area contributed by atoms with Crippen LogP contribution < -0.4 is 5.32 Å². The molecule has 5 heteroatoms. The van der Waals surface area contributed by atoms with Gasteiger partial charge < -0.3 is 10.2 Å². The highest BCUT2D eigenvalue weighted by molar-refractivity contribution is 5.95. The number of rotatable bonds is 4. The van der Waals surface area contributed by atoms with E-state index < -0.39 is 0 Å². The number of hydrogen-bond acceptors (Lipinski definition) is 3. The summed E-state index contributed by atoms with van der Waals surface area (Å²) in [5.41, 5.74) is 4.95. The molecular weight excluding hydrogens is 338 g/mol. The third kappa shape index (κ3) is 4.74. The molecule has 2 amide bonds. The molecule has 5 nitrogen and oxygen atoms in total. The van der Waals surface area contributed by atoms with Crippen LogP contribution in [0.1, 0.15) is 27.0 Å². The fourth-order valence-electron chi connectivity index (χ4n) is 3.35. The van der Waals surface area contributed by atoms with Crippen molar-refractivity contribution in [3.63, 3.8) is 0 Å². The van der Waals surface area contributed by atoms with Crippen LogP contribution in [0.15, 0.2) is 42.5 Å². The predicted octanol–water partition coefficient (Wildman–Crippen LogP) is 3.01. The third-order valence-electron chi connectivity index (χ3n) is 5.17. The Morgan fingerprint density at radius 2 is 1.67 bits per heavy atom. The number of hydrogen-bond donors (Lipinski definition) is 1. The van der Waals surface area contributed by atoms with E-state index in [1.54, 1.807) is 0 Å². The van der Waals surface area contributed by atoms with Crippen molar-refractivity contribution >= 4 is 17.5 Å². The van der Waals surface area contributed by atoms with Gasteiger partial charge in [0, 0.05) is 37.4 Å². The summed E-state index contributed by atoms with van der Waals surface area (Å²) in [4.78, 5) is 29.0. The van der Waals surface area contributed by atoms with E-state index in [1.807, 2.05) is 68.1 Å². The van der Waals surface area contributed by atoms with Crippen molar-refractivity contribution in [2.75, 3.05) is 38.0 Å². The number of carbonyl (C=O) groups excluding carboxylic acids is 2. The van der Waals surface area contributed by atoms with Crippen LogP contribution in [0.3, 0.4) is 0 Å². The summed E-state index contributed by atoms with van der Waals surface area (Å²) in [6.07, 6.45) is 0. The summed E-state index contributed by atoms with van der Waals surface area (Å²) in [6, 6.07) is 13.6. The molecule has 0 atom stereocenters. The van der Waals surface area contributed by atoms with Crippen LogP contribution in [0.25, 0.3) is 0 Å². The lowest BCUT2D eigenvalue weighted by Gasteiger charge is -2.34. The number of anilines is 1. The summed E-state index contributed by atoms with van der Waals surface area (Å²) in [7, 11) is 0. The molecule has 27 heavy (non-hydrogen) atoms. The van der Waals surface area contributed by atoms with Crippen LogP contribution in [-0.4, -0.2) is 54.3 Å². The number of piperazine rings is 1. The Labute approximate surface area is 161 Å². The molecule has 1 aliphatic rings. The molecule has 0 bridgehead atoms. The predicted molar refractivity (Wildman–Crippen MR) is 108 cm³/mol. The SMILES string of the molecule is Cc1cccc(C(=O)N2CCN(CC(=O)Nc3cccc(C)c3C)CC2)c1. The van der Waals surface area contributed by atoms with E-state index in [2.05, 4.69) is 10.2 Å². The highest BCUT2D eigenvalue weighted by atomic mass is 16.2. The number of aryl methyl sites for hydroxylation is 2. The van der Waals surface area contributed by atoms with E-state index in [0.29, 0.717) is 32.7 Å². The molecule has 3 rings (SSSR count). The van der Waals surface area contributed by atoms with Crippen molar-refractivity contribution < 1.29 is 9.59 Å². The lowest BCUT2D eigenvalue weighted by Crippen LogP contribution is -2.50. The molecule has 0 unspecified atom stereocenters. The van der Waals surface area contributed by atoms with Crippen LogP contribution in [0, 0.1) is 20.8 Å². The first-order valence-corrected chi connectivity index (χ1v) is 9.38. The molecule has 1 saturated heterocycles. The van der Waals surface area contributed by atoms with Crippen molar-refractivity contribution in [3.8, 4) is 0 Å². The van der Waals surface area contributed by atoms with E-state index in [1.165, 1.54) is 0 Å². The molecule has 1 aliphatic heterocycles. The molecule has 0 saturated carbocycles. The smallest absolute Gasteiger partial charge is 0.253 e. The van der Waals surface area contributed by atoms with E-state index in [0.717, 1.165) is 27.9 Å². The molecule has 0 radical (unpaired) electrons. The van der Waals surface area contributed by atoms with Gasteiger partial charge in [-0.2, -0.15) is 0 Å². The minimum absolute atomic E-state index is 0.0119. The number of amides is 2. The summed E-state index contributed by atoms with van der Waals surface area (Å²) in [5, 5.41) is 3.00. The average molecular weight is 365 g/mol. The van der Waals surface area contributed by atoms with Gasteiger partial charge in [-0.05, 0) is 50.1 Å². The minimum atomic E-state index is -0.0119. The van der Waals surface area contributed by atoms with Gasteiger partial charge in [-0.3, -0.25) is 14.5 Å². The Kier molecular flexibility index (Phi) is 5.91. The van der Waals surface area contributed by atoms with Crippen LogP contribution in [0.2, 0.25) is 0 Å². The van der Waals surface area contributed by atoms with Gasteiger partial charge in [0.25, 0.3) is 5.91 Å². The summed E-state index contributed by atoms with van der Waals surface area (Å²) in [5.74, 6) is 0.0559. The zero-order chi connectivity index (χ0) is 19.4. The molecule has 1 heterocycles. The molecule has 1 fully saturated rings. The maximum absolute atomic E-state index is 12.6. The van der Waals surface area contributed by atoms with E-state index in [-0.39, 0.29) is 11.8 Å². The van der Waals surface area contributed by atoms with Gasteiger partial charge in [0.15, 0.2) is 0 Å². The van der Waals surface area contributed by atoms with Crippen LogP contribution >= 0.6 is 0 Å². The highest BCUT2D eigenvalue weighted by Gasteiger charge is 2.23. The Morgan fingerprint density at radius 1 is 0.963 bits per heavy atom. The molecule has 0 aliphatic carbocycles. The van der Waals surface area contributed by atoms with E-state index in [4.69, 9.17) is 0 Å². The van der Waals surface area contributed by atoms with Gasteiger partial charge in [0.2, 0.25) is 5.91 Å². The second-order valence-corrected chi connectivity index (χ2v) is 7.23. The lowest BCUT2D eigenvalue weighted by atomic mass is 10.1. The van der Waals surface area contributed by atoms with E-state index in [9.17, 15) is 9.59 Å². The maximum atomic E-state index is 12.6. The van der Waals surface area contributed by atoms with Gasteiger partial charge in [-0.25, -0.2) is 0 Å². The molecule has 0 spiro atoms. The zero-order valence-corrected chi connectivity index (χ0v) is 16.3. The summed E-state index contributed by atoms with van der Waals surface area (Å²) < 4.78 is 0. The standard InChI is InChI=1S/C22H27N3O2/c1-16-6-4-8-19(14-16)22(27)25-12-10-24(11-13-25)15-21(26)23-20-9-5-7-17(2)18(20)3/h4-9,14H,10-13,15H2,1-3H3,(H,23,26). The van der Waals surface area contributed by atoms with Gasteiger partial charge >= 0.3 is 0 Å². The average Bonchev–Trinajstić information content (AvgIpc) is 2.65. The molecule has 0 aromatic heterocycles. The molecule has 2 aromatic rings. The second kappa shape index (κ2) is 8.35. The number of nitrogens with one attached hydrogen (secondary N) is 1. The van der Waals surface area contributed by atoms with Crippen molar-refractivity contribution in [3.05, 3.63) is 64.7 Å². The number of nitrogens with zero attached hydrogens (tertiary/aromatic N) is 2. The number of benzene rings is 2. The molecule has 1 N–H and O–H groups in total. The van der Waals surface area contributed by atoms with Gasteiger partial charge in [0.05, 0.1) is 6.54 Å². The summed E-state index contributed by atoms with van der Waals surface area (Å²) >= 11 is 0. The first kappa shape index (κ1) is 19.1. The zero-order valence-electron chi connectivity index (χ0n) is 16.3.